The molecule has 10 heteroatoms. The van der Waals surface area contributed by atoms with Gasteiger partial charge in [0.05, 0.1) is 23.0 Å². The second kappa shape index (κ2) is 10.6. The van der Waals surface area contributed by atoms with Crippen molar-refractivity contribution in [1.29, 1.82) is 0 Å². The smallest absolute Gasteiger partial charge is 0.338 e. The number of hydrogen-bond acceptors (Lipinski definition) is 9. The van der Waals surface area contributed by atoms with Gasteiger partial charge in [-0.2, -0.15) is 0 Å². The summed E-state index contributed by atoms with van der Waals surface area (Å²) in [5, 5.41) is 22.5. The molecular formula is C22H29NO7S2. The SMILES string of the molecule is CCOC(=O)C1(C(/C(C(=O)OC(C)(C)C)=C(\C)O)c2ccccc2[N+](=O)[O-])SCCCS1. The van der Waals surface area contributed by atoms with Crippen molar-refractivity contribution >= 4 is 41.1 Å². The summed E-state index contributed by atoms with van der Waals surface area (Å²) in [6.07, 6.45) is 0.823. The topological polar surface area (TPSA) is 116 Å². The lowest BCUT2D eigenvalue weighted by Crippen LogP contribution is -2.45. The third-order valence-corrected chi connectivity index (χ3v) is 7.96. The van der Waals surface area contributed by atoms with E-state index in [0.717, 1.165) is 6.42 Å². The Balaban J connectivity index is 2.85. The molecule has 1 heterocycles. The number of thioether (sulfide) groups is 2. The van der Waals surface area contributed by atoms with E-state index >= 15 is 0 Å². The Kier molecular flexibility index (Phi) is 8.64. The molecule has 1 aliphatic rings. The monoisotopic (exact) mass is 483 g/mol. The van der Waals surface area contributed by atoms with Crippen molar-refractivity contribution in [3.05, 3.63) is 51.3 Å². The number of hydrogen-bond donors (Lipinski definition) is 1. The van der Waals surface area contributed by atoms with Gasteiger partial charge in [0.1, 0.15) is 11.4 Å². The number of aliphatic hydroxyl groups excluding tert-OH is 1. The Morgan fingerprint density at radius 1 is 1.25 bits per heavy atom. The Morgan fingerprint density at radius 3 is 2.34 bits per heavy atom. The summed E-state index contributed by atoms with van der Waals surface area (Å²) in [4.78, 5) is 38.0. The Morgan fingerprint density at radius 2 is 1.84 bits per heavy atom. The van der Waals surface area contributed by atoms with E-state index in [1.807, 2.05) is 0 Å². The molecule has 0 radical (unpaired) electrons. The zero-order valence-corrected chi connectivity index (χ0v) is 20.5. The predicted molar refractivity (Wildman–Crippen MR) is 126 cm³/mol. The van der Waals surface area contributed by atoms with Gasteiger partial charge in [-0.3, -0.25) is 10.1 Å². The summed E-state index contributed by atoms with van der Waals surface area (Å²) in [5.74, 6) is -1.78. The molecule has 1 atom stereocenters. The fraction of sp³-hybridized carbons (Fsp3) is 0.545. The van der Waals surface area contributed by atoms with Crippen molar-refractivity contribution in [3.63, 3.8) is 0 Å². The van der Waals surface area contributed by atoms with Crippen molar-refractivity contribution in [2.24, 2.45) is 0 Å². The second-order valence-electron chi connectivity index (χ2n) is 8.19. The molecule has 0 spiro atoms. The maximum atomic E-state index is 13.4. The van der Waals surface area contributed by atoms with E-state index in [9.17, 15) is 24.8 Å². The molecule has 0 saturated carbocycles. The molecule has 2 rings (SSSR count). The second-order valence-corrected chi connectivity index (χ2v) is 11.1. The molecule has 1 saturated heterocycles. The van der Waals surface area contributed by atoms with Crippen LogP contribution in [0.3, 0.4) is 0 Å². The molecule has 1 fully saturated rings. The third kappa shape index (κ3) is 5.78. The first kappa shape index (κ1) is 26.1. The fourth-order valence-corrected chi connectivity index (χ4v) is 6.81. The summed E-state index contributed by atoms with van der Waals surface area (Å²) in [5.41, 5.74) is -1.18. The average molecular weight is 484 g/mol. The average Bonchev–Trinajstić information content (AvgIpc) is 2.70. The van der Waals surface area contributed by atoms with E-state index in [1.165, 1.54) is 48.6 Å². The number of carbonyl (C=O) groups is 2. The minimum Gasteiger partial charge on any atom is -0.512 e. The van der Waals surface area contributed by atoms with Crippen LogP contribution in [-0.2, 0) is 19.1 Å². The normalized spacial score (nSPS) is 17.7. The summed E-state index contributed by atoms with van der Waals surface area (Å²) >= 11 is 2.55. The number of benzene rings is 1. The van der Waals surface area contributed by atoms with Crippen LogP contribution in [0.1, 0.15) is 52.5 Å². The summed E-state index contributed by atoms with van der Waals surface area (Å²) in [7, 11) is 0. The maximum Gasteiger partial charge on any atom is 0.338 e. The number of ether oxygens (including phenoxy) is 2. The number of allylic oxidation sites excluding steroid dienone is 1. The number of nitro groups is 1. The van der Waals surface area contributed by atoms with Gasteiger partial charge in [-0.25, -0.2) is 9.59 Å². The highest BCUT2D eigenvalue weighted by Crippen LogP contribution is 2.56. The first-order valence-corrected chi connectivity index (χ1v) is 12.2. The summed E-state index contributed by atoms with van der Waals surface area (Å²) in [6, 6.07) is 5.94. The molecule has 0 aliphatic carbocycles. The minimum absolute atomic E-state index is 0.106. The predicted octanol–water partition coefficient (Wildman–Crippen LogP) is 4.98. The van der Waals surface area contributed by atoms with Crippen molar-refractivity contribution in [2.45, 2.75) is 56.6 Å². The van der Waals surface area contributed by atoms with Crippen LogP contribution >= 0.6 is 23.5 Å². The first-order valence-electron chi connectivity index (χ1n) is 10.3. The van der Waals surface area contributed by atoms with E-state index in [4.69, 9.17) is 9.47 Å². The maximum absolute atomic E-state index is 13.4. The van der Waals surface area contributed by atoms with Gasteiger partial charge in [0.25, 0.3) is 5.69 Å². The zero-order chi connectivity index (χ0) is 24.1. The molecule has 1 aromatic rings. The van der Waals surface area contributed by atoms with E-state index in [0.29, 0.717) is 11.5 Å². The Labute approximate surface area is 196 Å². The highest BCUT2D eigenvalue weighted by Gasteiger charge is 2.55. The van der Waals surface area contributed by atoms with Crippen LogP contribution in [0.2, 0.25) is 0 Å². The molecule has 1 N–H and O–H groups in total. The van der Waals surface area contributed by atoms with Gasteiger partial charge in [0.2, 0.25) is 0 Å². The summed E-state index contributed by atoms with van der Waals surface area (Å²) < 4.78 is 9.53. The van der Waals surface area contributed by atoms with Crippen LogP contribution in [0.4, 0.5) is 5.69 Å². The van der Waals surface area contributed by atoms with Crippen molar-refractivity contribution in [3.8, 4) is 0 Å². The van der Waals surface area contributed by atoms with Gasteiger partial charge in [0, 0.05) is 11.6 Å². The Bertz CT molecular complexity index is 898. The van der Waals surface area contributed by atoms with Gasteiger partial charge in [-0.05, 0) is 52.5 Å². The molecular weight excluding hydrogens is 454 g/mol. The molecule has 0 aromatic heterocycles. The lowest BCUT2D eigenvalue weighted by molar-refractivity contribution is -0.385. The molecule has 176 valence electrons. The van der Waals surface area contributed by atoms with Crippen LogP contribution in [0.5, 0.6) is 0 Å². The standard InChI is InChI=1S/C22H29NO7S2/c1-6-29-20(26)22(31-12-9-13-32-22)18(15-10-7-8-11-16(15)23(27)28)17(14(2)24)19(25)30-21(3,4)5/h7-8,10-11,18,24H,6,9,12-13H2,1-5H3/b17-14-. The number of para-hydroxylation sites is 1. The van der Waals surface area contributed by atoms with E-state index in [1.54, 1.807) is 33.8 Å². The summed E-state index contributed by atoms with van der Waals surface area (Å²) in [6.45, 7) is 8.14. The van der Waals surface area contributed by atoms with Gasteiger partial charge >= 0.3 is 11.9 Å². The molecule has 32 heavy (non-hydrogen) atoms. The quantitative estimate of drug-likeness (QED) is 0.188. The van der Waals surface area contributed by atoms with Crippen LogP contribution < -0.4 is 0 Å². The lowest BCUT2D eigenvalue weighted by atomic mass is 9.85. The Hall–Kier alpha value is -2.20. The highest BCUT2D eigenvalue weighted by molar-refractivity contribution is 8.20. The first-order chi connectivity index (χ1) is 14.9. The molecule has 1 aromatic carbocycles. The number of nitro benzene ring substituents is 1. The van der Waals surface area contributed by atoms with Crippen LogP contribution in [0, 0.1) is 10.1 Å². The van der Waals surface area contributed by atoms with Gasteiger partial charge in [0.15, 0.2) is 4.08 Å². The number of aliphatic hydroxyl groups is 1. The van der Waals surface area contributed by atoms with Gasteiger partial charge < -0.3 is 14.6 Å². The van der Waals surface area contributed by atoms with Crippen molar-refractivity contribution < 1.29 is 29.1 Å². The van der Waals surface area contributed by atoms with Gasteiger partial charge in [-0.15, -0.1) is 23.5 Å². The number of esters is 2. The molecule has 8 nitrogen and oxygen atoms in total. The van der Waals surface area contributed by atoms with Crippen molar-refractivity contribution in [1.82, 2.24) is 0 Å². The number of carbonyl (C=O) groups excluding carboxylic acids is 2. The fourth-order valence-electron chi connectivity index (χ4n) is 3.44. The molecule has 1 aliphatic heterocycles. The lowest BCUT2D eigenvalue weighted by Gasteiger charge is -2.40. The molecule has 1 unspecified atom stereocenters. The molecule has 0 amide bonds. The zero-order valence-electron chi connectivity index (χ0n) is 18.9. The van der Waals surface area contributed by atoms with E-state index in [2.05, 4.69) is 0 Å². The van der Waals surface area contributed by atoms with Gasteiger partial charge in [-0.1, -0.05) is 18.2 Å². The van der Waals surface area contributed by atoms with Crippen LogP contribution in [0.15, 0.2) is 35.6 Å². The number of nitrogens with zero attached hydrogens (tertiary/aromatic N) is 1. The molecule has 0 bridgehead atoms. The van der Waals surface area contributed by atoms with Crippen LogP contribution in [-0.4, -0.2) is 49.8 Å². The van der Waals surface area contributed by atoms with E-state index in [-0.39, 0.29) is 29.2 Å². The number of rotatable bonds is 7. The van der Waals surface area contributed by atoms with Crippen LogP contribution in [0.25, 0.3) is 0 Å². The highest BCUT2D eigenvalue weighted by atomic mass is 32.2. The van der Waals surface area contributed by atoms with E-state index < -0.39 is 32.5 Å². The minimum atomic E-state index is -1.41. The largest absolute Gasteiger partial charge is 0.512 e. The van der Waals surface area contributed by atoms with Crippen molar-refractivity contribution in [2.75, 3.05) is 18.1 Å². The third-order valence-electron chi connectivity index (χ3n) is 4.60.